The van der Waals surface area contributed by atoms with Gasteiger partial charge in [-0.3, -0.25) is 14.5 Å². The standard InChI is InChI=1S/C26H32N10O7S2/c1-26(2,24(41)42)43-34-16(15-11-45-25(28)32-15)20(37)33-17-21(38)36-18(23(39)40)13(10-44-22(17)36)5-4-8-35-9-14(19(27)31-12-35)30-7-6-29-3/h4-5,9,11-12,17,22,27,29-30H,6-8,10H2,1-3H3,(H5,28,32,33,37,39,40,41,42)/p+1/b5-4+,34-16-/t17-,22?/m1/s1. The van der Waals surface area contributed by atoms with Gasteiger partial charge in [0.1, 0.15) is 41.2 Å². The van der Waals surface area contributed by atoms with Gasteiger partial charge in [0.25, 0.3) is 24.0 Å². The van der Waals surface area contributed by atoms with E-state index in [1.165, 1.54) is 31.0 Å². The van der Waals surface area contributed by atoms with Crippen LogP contribution in [0.1, 0.15) is 19.5 Å². The fourth-order valence-electron chi connectivity index (χ4n) is 4.13. The molecule has 1 unspecified atom stereocenters. The molecule has 2 atom stereocenters. The van der Waals surface area contributed by atoms with Gasteiger partial charge in [-0.05, 0) is 37.5 Å². The molecule has 0 bridgehead atoms. The average molecular weight is 662 g/mol. The van der Waals surface area contributed by atoms with Crippen molar-refractivity contribution in [3.63, 3.8) is 0 Å². The number of carbonyl (C=O) groups is 4. The highest BCUT2D eigenvalue weighted by molar-refractivity contribution is 8.00. The van der Waals surface area contributed by atoms with E-state index in [1.807, 2.05) is 7.05 Å². The number of allylic oxidation sites excluding steroid dienone is 2. The highest BCUT2D eigenvalue weighted by atomic mass is 32.2. The molecule has 4 rings (SSSR count). The van der Waals surface area contributed by atoms with Crippen LogP contribution in [0.4, 0.5) is 16.6 Å². The molecule has 0 aliphatic carbocycles. The predicted octanol–water partition coefficient (Wildman–Crippen LogP) is -0.800. The first kappa shape index (κ1) is 33.1. The van der Waals surface area contributed by atoms with Crippen LogP contribution in [-0.4, -0.2) is 97.5 Å². The maximum atomic E-state index is 13.2. The number of nitrogens with zero attached hydrogens (tertiary/aromatic N) is 5. The molecule has 17 nitrogen and oxygen atoms in total. The second kappa shape index (κ2) is 13.9. The second-order valence-electron chi connectivity index (χ2n) is 10.3. The maximum Gasteiger partial charge on any atom is 0.352 e. The number of aromatic nitrogens is 3. The fraction of sp³-hybridized carbons (Fsp3) is 0.385. The van der Waals surface area contributed by atoms with Gasteiger partial charge in [-0.15, -0.1) is 23.1 Å². The molecule has 4 heterocycles. The number of hydrogen-bond donors (Lipinski definition) is 7. The van der Waals surface area contributed by atoms with Crippen molar-refractivity contribution < 1.29 is 38.8 Å². The van der Waals surface area contributed by atoms with Crippen LogP contribution >= 0.6 is 23.1 Å². The molecule has 0 radical (unpaired) electrons. The Morgan fingerprint density at radius 1 is 1.29 bits per heavy atom. The number of nitrogens with two attached hydrogens (primary N) is 2. The van der Waals surface area contributed by atoms with Gasteiger partial charge in [-0.1, -0.05) is 11.2 Å². The lowest BCUT2D eigenvalue weighted by Crippen LogP contribution is -2.71. The Morgan fingerprint density at radius 2 is 2.04 bits per heavy atom. The van der Waals surface area contributed by atoms with Crippen LogP contribution in [0.5, 0.6) is 0 Å². The van der Waals surface area contributed by atoms with Gasteiger partial charge in [0.15, 0.2) is 10.8 Å². The zero-order valence-electron chi connectivity index (χ0n) is 24.5. The summed E-state index contributed by atoms with van der Waals surface area (Å²) in [5, 5.41) is 32.7. The summed E-state index contributed by atoms with van der Waals surface area (Å²) in [6, 6.07) is -1.08. The van der Waals surface area contributed by atoms with Crippen LogP contribution in [0.2, 0.25) is 0 Å². The van der Waals surface area contributed by atoms with Crippen LogP contribution in [0.25, 0.3) is 0 Å². The van der Waals surface area contributed by atoms with E-state index in [9.17, 15) is 29.4 Å². The largest absolute Gasteiger partial charge is 0.478 e. The van der Waals surface area contributed by atoms with Crippen molar-refractivity contribution in [2.75, 3.05) is 42.7 Å². The molecular formula is C26H33N10O7S2+. The number of β-lactam (4-membered cyclic amide) rings is 1. The molecule has 19 heteroatoms. The third kappa shape index (κ3) is 7.49. The minimum Gasteiger partial charge on any atom is -0.478 e. The number of rotatable bonds is 14. The molecule has 240 valence electrons. The number of carboxylic acids is 2. The lowest BCUT2D eigenvalue weighted by atomic mass is 10.0. The lowest BCUT2D eigenvalue weighted by molar-refractivity contribution is -0.689. The second-order valence-corrected chi connectivity index (χ2v) is 12.3. The maximum absolute atomic E-state index is 13.2. The van der Waals surface area contributed by atoms with E-state index in [2.05, 4.69) is 31.1 Å². The summed E-state index contributed by atoms with van der Waals surface area (Å²) in [6.07, 6.45) is 6.73. The Labute approximate surface area is 265 Å². The molecule has 0 saturated carbocycles. The highest BCUT2D eigenvalue weighted by Crippen LogP contribution is 2.40. The molecule has 2 aromatic heterocycles. The number of thiazole rings is 1. The number of oxime groups is 1. The number of amides is 2. The first-order valence-electron chi connectivity index (χ1n) is 13.5. The van der Waals surface area contributed by atoms with Gasteiger partial charge in [0.2, 0.25) is 5.60 Å². The molecule has 2 aliphatic heterocycles. The highest BCUT2D eigenvalue weighted by Gasteiger charge is 2.54. The normalized spacial score (nSPS) is 18.4. The van der Waals surface area contributed by atoms with Crippen molar-refractivity contribution in [1.29, 1.82) is 0 Å². The number of aliphatic carboxylic acids is 2. The number of hydrogen-bond acceptors (Lipinski definition) is 14. The minimum absolute atomic E-state index is 0.0182. The fourth-order valence-corrected chi connectivity index (χ4v) is 5.99. The van der Waals surface area contributed by atoms with Crippen LogP contribution in [0, 0.1) is 0 Å². The zero-order chi connectivity index (χ0) is 32.9. The Hall–Kier alpha value is -4.75. The third-order valence-corrected chi connectivity index (χ3v) is 8.56. The molecule has 0 spiro atoms. The van der Waals surface area contributed by atoms with Crippen molar-refractivity contribution in [3.8, 4) is 0 Å². The van der Waals surface area contributed by atoms with E-state index in [0.29, 0.717) is 30.2 Å². The number of nitrogen functional groups attached to an aromatic ring is 2. The summed E-state index contributed by atoms with van der Waals surface area (Å²) in [6.45, 7) is 4.22. The van der Waals surface area contributed by atoms with Crippen molar-refractivity contribution in [3.05, 3.63) is 47.0 Å². The van der Waals surface area contributed by atoms with Gasteiger partial charge < -0.3 is 42.5 Å². The summed E-state index contributed by atoms with van der Waals surface area (Å²) in [5.74, 6) is -3.53. The molecule has 1 saturated heterocycles. The predicted molar refractivity (Wildman–Crippen MR) is 166 cm³/mol. The molecular weight excluding hydrogens is 628 g/mol. The molecule has 1 fully saturated rings. The average Bonchev–Trinajstić information content (AvgIpc) is 3.42. The van der Waals surface area contributed by atoms with Crippen molar-refractivity contribution in [1.82, 2.24) is 25.5 Å². The van der Waals surface area contributed by atoms with Crippen LogP contribution in [-0.2, 0) is 30.6 Å². The molecule has 2 aliphatic rings. The number of carboxylic acid groups (broad SMARTS) is 2. The molecule has 0 aromatic carbocycles. The van der Waals surface area contributed by atoms with E-state index < -0.39 is 46.5 Å². The van der Waals surface area contributed by atoms with E-state index in [0.717, 1.165) is 22.8 Å². The summed E-state index contributed by atoms with van der Waals surface area (Å²) in [5.41, 5.74) is 10.4. The number of thioether (sulfide) groups is 1. The van der Waals surface area contributed by atoms with Crippen LogP contribution in [0.3, 0.4) is 0 Å². The molecule has 9 N–H and O–H groups in total. The monoisotopic (exact) mass is 661 g/mol. The van der Waals surface area contributed by atoms with Crippen molar-refractivity contribution >= 4 is 69.2 Å². The van der Waals surface area contributed by atoms with Crippen LogP contribution < -0.4 is 32.0 Å². The zero-order valence-corrected chi connectivity index (χ0v) is 26.1. The summed E-state index contributed by atoms with van der Waals surface area (Å²) < 4.78 is 1.77. The van der Waals surface area contributed by atoms with Gasteiger partial charge in [0.05, 0.1) is 0 Å². The number of carbonyl (C=O) groups excluding carboxylic acids is 2. The summed E-state index contributed by atoms with van der Waals surface area (Å²) >= 11 is 2.30. The van der Waals surface area contributed by atoms with E-state index in [4.69, 9.17) is 16.3 Å². The number of fused-ring (bicyclic) bond motifs is 1. The minimum atomic E-state index is -1.77. The van der Waals surface area contributed by atoms with E-state index in [-0.39, 0.29) is 22.3 Å². The Bertz CT molecular complexity index is 1590. The van der Waals surface area contributed by atoms with Gasteiger partial charge in [-0.2, -0.15) is 0 Å². The lowest BCUT2D eigenvalue weighted by Gasteiger charge is -2.49. The van der Waals surface area contributed by atoms with Gasteiger partial charge in [-0.25, -0.2) is 19.1 Å². The molecule has 2 amide bonds. The first-order valence-corrected chi connectivity index (χ1v) is 15.4. The van der Waals surface area contributed by atoms with Gasteiger partial charge in [0, 0.05) is 24.2 Å². The van der Waals surface area contributed by atoms with Gasteiger partial charge >= 0.3 is 11.9 Å². The quantitative estimate of drug-likeness (QED) is 0.0431. The SMILES string of the molecule is CNCCNc1c[n+](C/C=C/C2=C(C(=O)O)N3C(=O)[C@@H](NC(=O)/C(=N\OC(C)(C)C(=O)O)c4csc(N)n4)C3SC2)cnc1N. The molecule has 2 aromatic rings. The smallest absolute Gasteiger partial charge is 0.352 e. The topological polar surface area (TPSA) is 251 Å². The third-order valence-electron chi connectivity index (χ3n) is 6.59. The van der Waals surface area contributed by atoms with E-state index >= 15 is 0 Å². The number of likely N-dealkylation sites (N-methyl/N-ethyl adjacent to an activating group) is 1. The molecule has 45 heavy (non-hydrogen) atoms. The first-order chi connectivity index (χ1) is 21.3. The number of anilines is 3. The Balaban J connectivity index is 1.48. The summed E-state index contributed by atoms with van der Waals surface area (Å²) in [4.78, 5) is 64.6. The van der Waals surface area contributed by atoms with Crippen molar-refractivity contribution in [2.24, 2.45) is 5.16 Å². The Morgan fingerprint density at radius 3 is 2.69 bits per heavy atom. The summed E-state index contributed by atoms with van der Waals surface area (Å²) in [7, 11) is 1.84. The Kier molecular flexibility index (Phi) is 10.2. The van der Waals surface area contributed by atoms with Crippen molar-refractivity contribution in [2.45, 2.75) is 37.4 Å². The van der Waals surface area contributed by atoms with E-state index in [1.54, 1.807) is 29.2 Å². The van der Waals surface area contributed by atoms with Crippen LogP contribution in [0.15, 0.2) is 46.5 Å². The number of nitrogens with one attached hydrogen (secondary N) is 3.